The standard InChI is InChI=1S/C16H28N2OS2/c1-5-8-10-11(9-6-2)18-16-15(20-4)13(17)14(21-16)12(19)7-3/h11,18H,5-10,17H2,1-4H3. The van der Waals surface area contributed by atoms with Gasteiger partial charge in [-0.05, 0) is 19.1 Å². The zero-order valence-corrected chi connectivity index (χ0v) is 15.3. The molecule has 1 heterocycles. The molecule has 1 aromatic rings. The number of ketones is 1. The van der Waals surface area contributed by atoms with Crippen molar-refractivity contribution in [2.24, 2.45) is 0 Å². The minimum Gasteiger partial charge on any atom is -0.396 e. The number of hydrogen-bond acceptors (Lipinski definition) is 5. The second kappa shape index (κ2) is 9.36. The Morgan fingerprint density at radius 3 is 2.52 bits per heavy atom. The van der Waals surface area contributed by atoms with Crippen LogP contribution < -0.4 is 11.1 Å². The summed E-state index contributed by atoms with van der Waals surface area (Å²) in [4.78, 5) is 13.7. The molecule has 1 aromatic heterocycles. The Labute approximate surface area is 137 Å². The van der Waals surface area contributed by atoms with Crippen molar-refractivity contribution in [3.8, 4) is 0 Å². The Kier molecular flexibility index (Phi) is 8.19. The van der Waals surface area contributed by atoms with Crippen LogP contribution in [0, 0.1) is 0 Å². The highest BCUT2D eigenvalue weighted by Gasteiger charge is 2.21. The van der Waals surface area contributed by atoms with Crippen LogP contribution in [0.2, 0.25) is 0 Å². The Hall–Kier alpha value is -0.680. The number of thiophene rings is 1. The zero-order valence-electron chi connectivity index (χ0n) is 13.6. The van der Waals surface area contributed by atoms with Gasteiger partial charge in [0.1, 0.15) is 5.00 Å². The Morgan fingerprint density at radius 1 is 1.29 bits per heavy atom. The maximum Gasteiger partial charge on any atom is 0.174 e. The monoisotopic (exact) mass is 328 g/mol. The number of hydrogen-bond donors (Lipinski definition) is 2. The first kappa shape index (κ1) is 18.4. The summed E-state index contributed by atoms with van der Waals surface area (Å²) in [6.07, 6.45) is 8.46. The third-order valence-corrected chi connectivity index (χ3v) is 5.70. The highest BCUT2D eigenvalue weighted by molar-refractivity contribution is 7.99. The van der Waals surface area contributed by atoms with E-state index in [4.69, 9.17) is 5.73 Å². The van der Waals surface area contributed by atoms with Crippen molar-refractivity contribution in [1.29, 1.82) is 0 Å². The van der Waals surface area contributed by atoms with Crippen molar-refractivity contribution in [2.45, 2.75) is 70.2 Å². The molecule has 0 radical (unpaired) electrons. The Bertz CT molecular complexity index is 457. The van der Waals surface area contributed by atoms with Gasteiger partial charge < -0.3 is 11.1 Å². The molecule has 0 aliphatic heterocycles. The number of carbonyl (C=O) groups excluding carboxylic acids is 1. The fourth-order valence-electron chi connectivity index (χ4n) is 2.37. The topological polar surface area (TPSA) is 55.1 Å². The number of nitrogen functional groups attached to an aromatic ring is 1. The average Bonchev–Trinajstić information content (AvgIpc) is 2.80. The normalized spacial score (nSPS) is 12.4. The molecular formula is C16H28N2OS2. The molecule has 120 valence electrons. The molecule has 0 saturated carbocycles. The third-order valence-electron chi connectivity index (χ3n) is 3.56. The molecule has 0 spiro atoms. The summed E-state index contributed by atoms with van der Waals surface area (Å²) >= 11 is 3.15. The fraction of sp³-hybridized carbons (Fsp3) is 0.688. The molecule has 1 atom stereocenters. The number of rotatable bonds is 10. The summed E-state index contributed by atoms with van der Waals surface area (Å²) in [6.45, 7) is 6.32. The molecule has 0 aliphatic carbocycles. The number of carbonyl (C=O) groups is 1. The molecule has 21 heavy (non-hydrogen) atoms. The van der Waals surface area contributed by atoms with Gasteiger partial charge in [0.15, 0.2) is 5.78 Å². The molecule has 1 rings (SSSR count). The summed E-state index contributed by atoms with van der Waals surface area (Å²) in [7, 11) is 0. The molecule has 0 fully saturated rings. The minimum absolute atomic E-state index is 0.140. The molecule has 0 aliphatic rings. The van der Waals surface area contributed by atoms with Crippen LogP contribution in [0.3, 0.4) is 0 Å². The first-order valence-corrected chi connectivity index (χ1v) is 9.88. The predicted octanol–water partition coefficient (Wildman–Crippen LogP) is 5.42. The molecule has 3 N–H and O–H groups in total. The van der Waals surface area contributed by atoms with E-state index in [2.05, 4.69) is 19.2 Å². The second-order valence-corrected chi connectivity index (χ2v) is 7.09. The van der Waals surface area contributed by atoms with Crippen molar-refractivity contribution in [3.05, 3.63) is 4.88 Å². The van der Waals surface area contributed by atoms with Crippen molar-refractivity contribution < 1.29 is 4.79 Å². The van der Waals surface area contributed by atoms with Crippen molar-refractivity contribution in [1.82, 2.24) is 0 Å². The highest BCUT2D eigenvalue weighted by atomic mass is 32.2. The van der Waals surface area contributed by atoms with Crippen molar-refractivity contribution >= 4 is 39.6 Å². The van der Waals surface area contributed by atoms with E-state index >= 15 is 0 Å². The number of nitrogens with two attached hydrogens (primary N) is 1. The van der Waals surface area contributed by atoms with Gasteiger partial charge in [-0.2, -0.15) is 0 Å². The fourth-order valence-corrected chi connectivity index (χ4v) is 4.48. The van der Waals surface area contributed by atoms with Gasteiger partial charge in [0.2, 0.25) is 0 Å². The smallest absolute Gasteiger partial charge is 0.174 e. The number of thioether (sulfide) groups is 1. The SMILES string of the molecule is CCCCC(CCC)Nc1sc(C(=O)CC)c(N)c1SC. The molecule has 1 unspecified atom stereocenters. The van der Waals surface area contributed by atoms with Gasteiger partial charge >= 0.3 is 0 Å². The number of anilines is 2. The maximum atomic E-state index is 12.0. The van der Waals surface area contributed by atoms with Crippen LogP contribution in [0.1, 0.15) is 69.0 Å². The quantitative estimate of drug-likeness (QED) is 0.445. The number of unbranched alkanes of at least 4 members (excludes halogenated alkanes) is 1. The maximum absolute atomic E-state index is 12.0. The van der Waals surface area contributed by atoms with Crippen LogP contribution in [0.5, 0.6) is 0 Å². The summed E-state index contributed by atoms with van der Waals surface area (Å²) in [5.74, 6) is 0.140. The average molecular weight is 329 g/mol. The van der Waals surface area contributed by atoms with E-state index in [0.29, 0.717) is 18.2 Å². The Morgan fingerprint density at radius 2 is 2.00 bits per heavy atom. The zero-order chi connectivity index (χ0) is 15.8. The van der Waals surface area contributed by atoms with E-state index in [0.717, 1.165) is 27.6 Å². The largest absolute Gasteiger partial charge is 0.396 e. The first-order valence-electron chi connectivity index (χ1n) is 7.84. The lowest BCUT2D eigenvalue weighted by molar-refractivity contribution is 0.0992. The van der Waals surface area contributed by atoms with E-state index in [1.807, 2.05) is 13.2 Å². The van der Waals surface area contributed by atoms with Crippen LogP contribution in [-0.4, -0.2) is 18.1 Å². The summed E-state index contributed by atoms with van der Waals surface area (Å²) in [5.41, 5.74) is 6.83. The van der Waals surface area contributed by atoms with E-state index in [-0.39, 0.29) is 5.78 Å². The summed E-state index contributed by atoms with van der Waals surface area (Å²) in [6, 6.07) is 0.475. The number of Topliss-reactive ketones (excluding diaryl/α,β-unsaturated/α-hetero) is 1. The van der Waals surface area contributed by atoms with E-state index in [1.54, 1.807) is 11.8 Å². The third kappa shape index (κ3) is 4.92. The van der Waals surface area contributed by atoms with Crippen molar-refractivity contribution in [3.63, 3.8) is 0 Å². The van der Waals surface area contributed by atoms with E-state index in [1.165, 1.54) is 30.6 Å². The van der Waals surface area contributed by atoms with Crippen LogP contribution >= 0.6 is 23.1 Å². The van der Waals surface area contributed by atoms with Gasteiger partial charge in [-0.3, -0.25) is 4.79 Å². The van der Waals surface area contributed by atoms with Gasteiger partial charge in [-0.1, -0.05) is 40.0 Å². The molecule has 0 aromatic carbocycles. The molecule has 5 heteroatoms. The molecule has 0 saturated heterocycles. The molecule has 0 amide bonds. The van der Waals surface area contributed by atoms with Gasteiger partial charge in [-0.15, -0.1) is 23.1 Å². The van der Waals surface area contributed by atoms with Crippen LogP contribution in [0.4, 0.5) is 10.7 Å². The van der Waals surface area contributed by atoms with E-state index in [9.17, 15) is 4.79 Å². The van der Waals surface area contributed by atoms with Gasteiger partial charge in [-0.25, -0.2) is 0 Å². The highest BCUT2D eigenvalue weighted by Crippen LogP contribution is 2.42. The lowest BCUT2D eigenvalue weighted by Crippen LogP contribution is -2.18. The lowest BCUT2D eigenvalue weighted by atomic mass is 10.1. The van der Waals surface area contributed by atoms with Crippen LogP contribution in [0.25, 0.3) is 0 Å². The lowest BCUT2D eigenvalue weighted by Gasteiger charge is -2.18. The van der Waals surface area contributed by atoms with Crippen LogP contribution in [0.15, 0.2) is 4.90 Å². The van der Waals surface area contributed by atoms with E-state index < -0.39 is 0 Å². The van der Waals surface area contributed by atoms with Crippen molar-refractivity contribution in [2.75, 3.05) is 17.3 Å². The second-order valence-electron chi connectivity index (χ2n) is 5.26. The molecule has 0 bridgehead atoms. The molecule has 3 nitrogen and oxygen atoms in total. The Balaban J connectivity index is 2.96. The predicted molar refractivity (Wildman–Crippen MR) is 97.0 cm³/mol. The first-order chi connectivity index (χ1) is 10.1. The summed E-state index contributed by atoms with van der Waals surface area (Å²) < 4.78 is 0. The minimum atomic E-state index is 0.140. The van der Waals surface area contributed by atoms with Crippen LogP contribution in [-0.2, 0) is 0 Å². The number of nitrogens with one attached hydrogen (secondary N) is 1. The van der Waals surface area contributed by atoms with Gasteiger partial charge in [0, 0.05) is 12.5 Å². The van der Waals surface area contributed by atoms with Gasteiger partial charge in [0.05, 0.1) is 15.5 Å². The molecular weight excluding hydrogens is 300 g/mol. The van der Waals surface area contributed by atoms with Gasteiger partial charge in [0.25, 0.3) is 0 Å². The summed E-state index contributed by atoms with van der Waals surface area (Å²) in [5, 5.41) is 4.72.